The van der Waals surface area contributed by atoms with Gasteiger partial charge in [0.25, 0.3) is 0 Å². The summed E-state index contributed by atoms with van der Waals surface area (Å²) < 4.78 is 51.2. The summed E-state index contributed by atoms with van der Waals surface area (Å²) in [5.74, 6) is 1.89. The number of anilines is 1. The molecule has 11 heteroatoms. The second-order valence-electron chi connectivity index (χ2n) is 15.0. The van der Waals surface area contributed by atoms with Gasteiger partial charge in [-0.2, -0.15) is 9.97 Å². The summed E-state index contributed by atoms with van der Waals surface area (Å²) in [4.78, 5) is 14.1. The van der Waals surface area contributed by atoms with Gasteiger partial charge in [0.15, 0.2) is 5.82 Å². The topological polar surface area (TPSA) is 70.6 Å². The lowest BCUT2D eigenvalue weighted by Crippen LogP contribution is -2.51. The van der Waals surface area contributed by atoms with E-state index in [9.17, 15) is 4.21 Å². The Morgan fingerprint density at radius 2 is 1.90 bits per heavy atom. The predicted octanol–water partition coefficient (Wildman–Crippen LogP) is 6.99. The largest absolute Gasteiger partial charge is 0.463 e. The number of nitrogens with one attached hydrogen (secondary N) is 1. The second-order valence-corrected chi connectivity index (χ2v) is 17.1. The summed E-state index contributed by atoms with van der Waals surface area (Å²) in [6.45, 7) is 2.67. The van der Waals surface area contributed by atoms with Crippen LogP contribution >= 0.6 is 11.6 Å². The highest BCUT2D eigenvalue weighted by Crippen LogP contribution is 2.76. The standard InChI is InChI=1S/C38H42ClF2N5O2S/c1-45(26-7-2-3-15-49(47)21-26)13-5-14-48-37-43-35-28(36(44-37)46-19-24-10-11-25(20-46)42-24)16-29(39)32(34(35)41)27-8-4-6-22-9-12-30(40)33(31(22)27)38-17-23(38)18-38/h4,6,8-9,12,16,23-26,42H,2-3,5,7,10-11,13-15,17-21H2,1H3. The van der Waals surface area contributed by atoms with Crippen molar-refractivity contribution in [2.45, 2.75) is 74.9 Å². The van der Waals surface area contributed by atoms with Crippen LogP contribution in [0.2, 0.25) is 5.02 Å². The quantitative estimate of drug-likeness (QED) is 0.189. The van der Waals surface area contributed by atoms with Gasteiger partial charge in [-0.1, -0.05) is 42.3 Å². The van der Waals surface area contributed by atoms with E-state index in [-0.39, 0.29) is 33.3 Å². The first-order valence-corrected chi connectivity index (χ1v) is 19.8. The Hall–Kier alpha value is -2.92. The second kappa shape index (κ2) is 12.4. The number of rotatable bonds is 9. The smallest absolute Gasteiger partial charge is 0.319 e. The molecule has 49 heavy (non-hydrogen) atoms. The maximum absolute atomic E-state index is 17.2. The molecule has 0 amide bonds. The predicted molar refractivity (Wildman–Crippen MR) is 192 cm³/mol. The molecule has 5 fully saturated rings. The zero-order valence-corrected chi connectivity index (χ0v) is 29.4. The zero-order valence-electron chi connectivity index (χ0n) is 27.8. The zero-order chi connectivity index (χ0) is 33.4. The molecule has 0 radical (unpaired) electrons. The molecule has 9 rings (SSSR count). The number of ether oxygens (including phenoxy) is 1. The molecule has 5 aliphatic rings. The minimum Gasteiger partial charge on any atom is -0.463 e. The minimum atomic E-state index is -0.760. The highest BCUT2D eigenvalue weighted by atomic mass is 35.5. The highest BCUT2D eigenvalue weighted by Gasteiger charge is 2.71. The van der Waals surface area contributed by atoms with Gasteiger partial charge in [0.1, 0.15) is 17.2 Å². The SMILES string of the molecule is CN(CCCOc1nc(N2CC3CCC(C2)N3)c2cc(Cl)c(-c3cccc4ccc(F)c(C56CC5C6)c34)c(F)c2n1)C1CCCCS(=O)C1. The fourth-order valence-electron chi connectivity index (χ4n) is 8.87. The van der Waals surface area contributed by atoms with Crippen LogP contribution in [0.15, 0.2) is 36.4 Å². The molecule has 1 aromatic heterocycles. The number of benzene rings is 3. The summed E-state index contributed by atoms with van der Waals surface area (Å²) in [6.07, 6.45) is 8.07. The summed E-state index contributed by atoms with van der Waals surface area (Å²) >= 11 is 7.04. The molecule has 1 N–H and O–H groups in total. The van der Waals surface area contributed by atoms with Gasteiger partial charge in [0.05, 0.1) is 11.6 Å². The van der Waals surface area contributed by atoms with Gasteiger partial charge >= 0.3 is 6.01 Å². The summed E-state index contributed by atoms with van der Waals surface area (Å²) in [5, 5.41) is 6.10. The van der Waals surface area contributed by atoms with Crippen molar-refractivity contribution in [3.8, 4) is 17.1 Å². The number of fused-ring (bicyclic) bond motifs is 5. The number of halogens is 3. The Labute approximate surface area is 293 Å². The molecule has 4 atom stereocenters. The summed E-state index contributed by atoms with van der Waals surface area (Å²) in [6, 6.07) is 11.9. The fraction of sp³-hybridized carbons (Fsp3) is 0.526. The van der Waals surface area contributed by atoms with Crippen molar-refractivity contribution in [2.24, 2.45) is 5.92 Å². The van der Waals surface area contributed by atoms with Crippen molar-refractivity contribution in [3.05, 3.63) is 58.6 Å². The Balaban J connectivity index is 1.08. The molecule has 7 nitrogen and oxygen atoms in total. The third-order valence-electron chi connectivity index (χ3n) is 11.9. The van der Waals surface area contributed by atoms with E-state index in [4.69, 9.17) is 26.3 Å². The van der Waals surface area contributed by atoms with E-state index in [1.54, 1.807) is 18.2 Å². The van der Waals surface area contributed by atoms with Gasteiger partial charge < -0.3 is 19.9 Å². The van der Waals surface area contributed by atoms with Gasteiger partial charge in [-0.25, -0.2) is 8.78 Å². The van der Waals surface area contributed by atoms with Crippen LogP contribution in [-0.2, 0) is 16.2 Å². The number of hydrogen-bond donors (Lipinski definition) is 1. The number of piperazine rings is 1. The summed E-state index contributed by atoms with van der Waals surface area (Å²) in [5.41, 5.74) is 1.56. The molecule has 0 spiro atoms. The van der Waals surface area contributed by atoms with Gasteiger partial charge in [-0.3, -0.25) is 4.21 Å². The van der Waals surface area contributed by atoms with E-state index in [0.717, 1.165) is 93.3 Å². The van der Waals surface area contributed by atoms with Crippen LogP contribution in [0.4, 0.5) is 14.6 Å². The Bertz CT molecular complexity index is 1980. The van der Waals surface area contributed by atoms with Gasteiger partial charge in [-0.15, -0.1) is 0 Å². The van der Waals surface area contributed by atoms with E-state index in [2.05, 4.69) is 22.2 Å². The lowest BCUT2D eigenvalue weighted by atomic mass is 9.89. The molecule has 3 aliphatic heterocycles. The van der Waals surface area contributed by atoms with Crippen LogP contribution in [0, 0.1) is 17.6 Å². The van der Waals surface area contributed by atoms with E-state index in [1.165, 1.54) is 0 Å². The molecule has 4 unspecified atom stereocenters. The molecule has 2 bridgehead atoms. The average molecular weight is 706 g/mol. The van der Waals surface area contributed by atoms with Crippen LogP contribution in [0.1, 0.15) is 56.9 Å². The molecule has 4 heterocycles. The van der Waals surface area contributed by atoms with Crippen LogP contribution < -0.4 is 15.0 Å². The van der Waals surface area contributed by atoms with Gasteiger partial charge in [-0.05, 0) is 86.4 Å². The lowest BCUT2D eigenvalue weighted by Gasteiger charge is -2.34. The molecule has 2 saturated carbocycles. The minimum absolute atomic E-state index is 0.126. The van der Waals surface area contributed by atoms with Crippen LogP contribution in [0.25, 0.3) is 32.8 Å². The van der Waals surface area contributed by atoms with Crippen molar-refractivity contribution in [1.82, 2.24) is 20.2 Å². The molecule has 258 valence electrons. The van der Waals surface area contributed by atoms with Crippen molar-refractivity contribution < 1.29 is 17.7 Å². The van der Waals surface area contributed by atoms with E-state index >= 15 is 8.78 Å². The van der Waals surface area contributed by atoms with Gasteiger partial charge in [0, 0.05) is 82.0 Å². The summed E-state index contributed by atoms with van der Waals surface area (Å²) in [7, 11) is 1.33. The molecule has 3 saturated heterocycles. The maximum atomic E-state index is 17.2. The fourth-order valence-corrected chi connectivity index (χ4v) is 10.7. The van der Waals surface area contributed by atoms with Crippen molar-refractivity contribution in [2.75, 3.05) is 49.7 Å². The highest BCUT2D eigenvalue weighted by molar-refractivity contribution is 7.85. The van der Waals surface area contributed by atoms with Crippen LogP contribution in [-0.4, -0.2) is 82.0 Å². The van der Waals surface area contributed by atoms with Crippen LogP contribution in [0.3, 0.4) is 0 Å². The Kier molecular flexibility index (Phi) is 8.10. The Morgan fingerprint density at radius 1 is 1.10 bits per heavy atom. The van der Waals surface area contributed by atoms with E-state index < -0.39 is 16.6 Å². The Morgan fingerprint density at radius 3 is 2.67 bits per heavy atom. The third-order valence-corrected chi connectivity index (χ3v) is 13.6. The van der Waals surface area contributed by atoms with Gasteiger partial charge in [0.2, 0.25) is 0 Å². The molecule has 2 aliphatic carbocycles. The van der Waals surface area contributed by atoms with Crippen LogP contribution in [0.5, 0.6) is 6.01 Å². The number of hydrogen-bond acceptors (Lipinski definition) is 7. The van der Waals surface area contributed by atoms with Crippen molar-refractivity contribution in [1.29, 1.82) is 0 Å². The maximum Gasteiger partial charge on any atom is 0.319 e. The first kappa shape index (κ1) is 32.0. The molecule has 3 aromatic carbocycles. The average Bonchev–Trinajstić information content (AvgIpc) is 3.96. The van der Waals surface area contributed by atoms with E-state index in [1.807, 2.05) is 18.2 Å². The molecular weight excluding hydrogens is 664 g/mol. The molecular formula is C38H42ClF2N5O2S. The molecule has 4 aromatic rings. The first-order chi connectivity index (χ1) is 23.8. The van der Waals surface area contributed by atoms with E-state index in [0.29, 0.717) is 53.0 Å². The van der Waals surface area contributed by atoms with Crippen molar-refractivity contribution in [3.63, 3.8) is 0 Å². The number of nitrogens with zero attached hydrogens (tertiary/aromatic N) is 4. The third kappa shape index (κ3) is 5.71. The lowest BCUT2D eigenvalue weighted by molar-refractivity contribution is 0.213. The van der Waals surface area contributed by atoms with Crippen molar-refractivity contribution >= 4 is 49.9 Å². The normalized spacial score (nSPS) is 29.0. The first-order valence-electron chi connectivity index (χ1n) is 17.9. The number of aromatic nitrogens is 2. The monoisotopic (exact) mass is 705 g/mol.